The average Bonchev–Trinajstić information content (AvgIpc) is 2.62. The summed E-state index contributed by atoms with van der Waals surface area (Å²) in [6.07, 6.45) is 7.65. The van der Waals surface area contributed by atoms with Crippen molar-refractivity contribution in [3.63, 3.8) is 0 Å². The Hall–Kier alpha value is -1.61. The van der Waals surface area contributed by atoms with Crippen LogP contribution >= 0.6 is 15.9 Å². The van der Waals surface area contributed by atoms with Gasteiger partial charge in [-0.2, -0.15) is 0 Å². The van der Waals surface area contributed by atoms with Crippen molar-refractivity contribution in [2.75, 3.05) is 5.32 Å². The summed E-state index contributed by atoms with van der Waals surface area (Å²) in [7, 11) is 0. The molecule has 2 aromatic rings. The highest BCUT2D eigenvalue weighted by Gasteiger charge is 2.40. The first kappa shape index (κ1) is 15.9. The molecule has 24 heavy (non-hydrogen) atoms. The minimum Gasteiger partial charge on any atom is -0.343 e. The Balaban J connectivity index is 1.65. The lowest BCUT2D eigenvalue weighted by atomic mass is 9.67. The van der Waals surface area contributed by atoms with Gasteiger partial charge in [-0.05, 0) is 48.6 Å². The Labute approximate surface area is 152 Å². The summed E-state index contributed by atoms with van der Waals surface area (Å²) in [6.45, 7) is 0.750. The number of nitrogens with zero attached hydrogens (tertiary/aromatic N) is 1. The molecule has 3 heteroatoms. The number of anilines is 1. The van der Waals surface area contributed by atoms with Crippen molar-refractivity contribution >= 4 is 27.5 Å². The minimum absolute atomic E-state index is 0.224. The van der Waals surface area contributed by atoms with Gasteiger partial charge in [0.05, 0.1) is 6.54 Å². The lowest BCUT2D eigenvalue weighted by Gasteiger charge is -2.42. The number of rotatable bonds is 2. The number of amidine groups is 1. The van der Waals surface area contributed by atoms with E-state index in [4.69, 9.17) is 4.99 Å². The van der Waals surface area contributed by atoms with Crippen molar-refractivity contribution < 1.29 is 0 Å². The van der Waals surface area contributed by atoms with E-state index in [0.717, 1.165) is 17.4 Å². The van der Waals surface area contributed by atoms with Crippen LogP contribution in [0.25, 0.3) is 0 Å². The third-order valence-corrected chi connectivity index (χ3v) is 5.97. The van der Waals surface area contributed by atoms with Crippen LogP contribution in [-0.4, -0.2) is 5.84 Å². The van der Waals surface area contributed by atoms with Gasteiger partial charge in [-0.25, -0.2) is 0 Å². The molecule has 1 fully saturated rings. The van der Waals surface area contributed by atoms with E-state index in [0.29, 0.717) is 0 Å². The van der Waals surface area contributed by atoms with Crippen LogP contribution in [0.5, 0.6) is 0 Å². The van der Waals surface area contributed by atoms with Crippen molar-refractivity contribution in [3.8, 4) is 0 Å². The van der Waals surface area contributed by atoms with E-state index in [9.17, 15) is 0 Å². The largest absolute Gasteiger partial charge is 0.343 e. The van der Waals surface area contributed by atoms with Crippen LogP contribution in [0, 0.1) is 5.41 Å². The fourth-order valence-corrected chi connectivity index (χ4v) is 4.38. The van der Waals surface area contributed by atoms with Gasteiger partial charge in [0.2, 0.25) is 0 Å². The monoisotopic (exact) mass is 382 g/mol. The first-order chi connectivity index (χ1) is 11.8. The van der Waals surface area contributed by atoms with Crippen molar-refractivity contribution in [1.29, 1.82) is 0 Å². The molecule has 1 saturated carbocycles. The Morgan fingerprint density at radius 2 is 1.71 bits per heavy atom. The van der Waals surface area contributed by atoms with Gasteiger partial charge in [-0.1, -0.05) is 65.5 Å². The molecule has 1 aliphatic carbocycles. The van der Waals surface area contributed by atoms with Gasteiger partial charge in [0.1, 0.15) is 5.84 Å². The molecule has 0 aromatic heterocycles. The van der Waals surface area contributed by atoms with Crippen molar-refractivity contribution in [2.24, 2.45) is 10.4 Å². The second-order valence-electron chi connectivity index (χ2n) is 7.09. The molecule has 124 valence electrons. The molecule has 0 bridgehead atoms. The quantitative estimate of drug-likeness (QED) is 0.679. The van der Waals surface area contributed by atoms with E-state index in [1.165, 1.54) is 54.8 Å². The van der Waals surface area contributed by atoms with Crippen LogP contribution < -0.4 is 5.32 Å². The molecule has 1 spiro atoms. The highest BCUT2D eigenvalue weighted by atomic mass is 79.9. The van der Waals surface area contributed by atoms with E-state index in [1.54, 1.807) is 0 Å². The molecule has 0 amide bonds. The van der Waals surface area contributed by atoms with Crippen LogP contribution in [-0.2, 0) is 13.0 Å². The van der Waals surface area contributed by atoms with Crippen LogP contribution in [0.2, 0.25) is 0 Å². The molecule has 0 saturated heterocycles. The van der Waals surface area contributed by atoms with Crippen molar-refractivity contribution in [2.45, 2.75) is 45.1 Å². The molecule has 2 aromatic carbocycles. The minimum atomic E-state index is 0.224. The lowest BCUT2D eigenvalue weighted by molar-refractivity contribution is 0.278. The van der Waals surface area contributed by atoms with Gasteiger partial charge in [0.25, 0.3) is 0 Å². The molecule has 0 radical (unpaired) electrons. The summed E-state index contributed by atoms with van der Waals surface area (Å²) in [5, 5.41) is 3.68. The van der Waals surface area contributed by atoms with Gasteiger partial charge < -0.3 is 5.32 Å². The third-order valence-electron chi connectivity index (χ3n) is 5.45. The zero-order chi connectivity index (χ0) is 16.4. The number of para-hydroxylation sites is 1. The Morgan fingerprint density at radius 1 is 0.958 bits per heavy atom. The topological polar surface area (TPSA) is 24.4 Å². The molecule has 0 unspecified atom stereocenters. The molecule has 4 rings (SSSR count). The second-order valence-corrected chi connectivity index (χ2v) is 8.01. The zero-order valence-electron chi connectivity index (χ0n) is 13.9. The van der Waals surface area contributed by atoms with Crippen LogP contribution in [0.4, 0.5) is 5.69 Å². The lowest BCUT2D eigenvalue weighted by Crippen LogP contribution is -2.43. The summed E-state index contributed by atoms with van der Waals surface area (Å²) in [4.78, 5) is 5.05. The summed E-state index contributed by atoms with van der Waals surface area (Å²) >= 11 is 3.50. The maximum Gasteiger partial charge on any atom is 0.108 e. The number of benzene rings is 2. The molecular weight excluding hydrogens is 360 g/mol. The van der Waals surface area contributed by atoms with Crippen LogP contribution in [0.15, 0.2) is 58.0 Å². The molecule has 1 N–H and O–H groups in total. The second kappa shape index (κ2) is 6.72. The van der Waals surface area contributed by atoms with Gasteiger partial charge in [-0.15, -0.1) is 0 Å². The van der Waals surface area contributed by atoms with Gasteiger partial charge >= 0.3 is 0 Å². The fraction of sp³-hybridized carbons (Fsp3) is 0.381. The molecule has 2 nitrogen and oxygen atoms in total. The highest BCUT2D eigenvalue weighted by molar-refractivity contribution is 9.10. The van der Waals surface area contributed by atoms with Crippen molar-refractivity contribution in [1.82, 2.24) is 0 Å². The van der Waals surface area contributed by atoms with Gasteiger partial charge in [0, 0.05) is 15.6 Å². The maximum atomic E-state index is 5.05. The normalized spacial score (nSPS) is 20.6. The molecular formula is C21H23BrN2. The number of aliphatic imine (C=N–C) groups is 1. The maximum absolute atomic E-state index is 5.05. The summed E-state index contributed by atoms with van der Waals surface area (Å²) in [6, 6.07) is 17.2. The highest BCUT2D eigenvalue weighted by Crippen LogP contribution is 2.45. The summed E-state index contributed by atoms with van der Waals surface area (Å²) in [5.41, 5.74) is 4.17. The summed E-state index contributed by atoms with van der Waals surface area (Å²) < 4.78 is 1.12. The van der Waals surface area contributed by atoms with Crippen LogP contribution in [0.1, 0.15) is 43.2 Å². The van der Waals surface area contributed by atoms with Crippen molar-refractivity contribution in [3.05, 3.63) is 64.1 Å². The molecule has 1 aliphatic heterocycles. The number of halogens is 1. The SMILES string of the molecule is Brc1ccc(CN=C2Nc3ccccc3CC23CCCCC3)cc1. The first-order valence-corrected chi connectivity index (χ1v) is 9.69. The smallest absolute Gasteiger partial charge is 0.108 e. The fourth-order valence-electron chi connectivity index (χ4n) is 4.11. The Bertz CT molecular complexity index is 743. The van der Waals surface area contributed by atoms with E-state index in [1.807, 2.05) is 0 Å². The zero-order valence-corrected chi connectivity index (χ0v) is 15.5. The van der Waals surface area contributed by atoms with E-state index < -0.39 is 0 Å². The number of fused-ring (bicyclic) bond motifs is 1. The van der Waals surface area contributed by atoms with E-state index in [2.05, 4.69) is 69.8 Å². The van der Waals surface area contributed by atoms with Crippen LogP contribution in [0.3, 0.4) is 0 Å². The van der Waals surface area contributed by atoms with Gasteiger partial charge in [-0.3, -0.25) is 4.99 Å². The third kappa shape index (κ3) is 3.14. The average molecular weight is 383 g/mol. The van der Waals surface area contributed by atoms with Gasteiger partial charge in [0.15, 0.2) is 0 Å². The molecule has 1 heterocycles. The molecule has 2 aliphatic rings. The number of hydrogen-bond acceptors (Lipinski definition) is 1. The standard InChI is InChI=1S/C21H23BrN2/c22-18-10-8-16(9-11-18)15-23-20-21(12-4-1-5-13-21)14-17-6-2-3-7-19(17)24-20/h2-3,6-11H,1,4-5,12-15H2,(H,23,24). The van der Waals surface area contributed by atoms with E-state index >= 15 is 0 Å². The Kier molecular flexibility index (Phi) is 4.45. The predicted molar refractivity (Wildman–Crippen MR) is 105 cm³/mol. The first-order valence-electron chi connectivity index (χ1n) is 8.90. The predicted octanol–water partition coefficient (Wildman–Crippen LogP) is 5.97. The Morgan fingerprint density at radius 3 is 2.50 bits per heavy atom. The number of nitrogens with one attached hydrogen (secondary N) is 1. The van der Waals surface area contributed by atoms with E-state index in [-0.39, 0.29) is 5.41 Å². The molecule has 0 atom stereocenters. The summed E-state index contributed by atoms with van der Waals surface area (Å²) in [5.74, 6) is 1.21. The number of hydrogen-bond donors (Lipinski definition) is 1.